The van der Waals surface area contributed by atoms with Crippen molar-refractivity contribution in [3.8, 4) is 11.1 Å². The molecule has 0 saturated carbocycles. The monoisotopic (exact) mass is 742 g/mol. The third-order valence-corrected chi connectivity index (χ3v) is 9.73. The topological polar surface area (TPSA) is 261 Å². The molecular weight excluding hydrogens is 704 g/mol. The number of carbonyl (C=O) groups is 4. The van der Waals surface area contributed by atoms with Gasteiger partial charge in [0.2, 0.25) is 11.8 Å². The van der Waals surface area contributed by atoms with E-state index < -0.39 is 62.6 Å². The summed E-state index contributed by atoms with van der Waals surface area (Å²) in [5, 5.41) is 17.0. The fraction of sp³-hybridized carbons (Fsp3) is 0.333. The van der Waals surface area contributed by atoms with Crippen LogP contribution in [0.2, 0.25) is 0 Å². The van der Waals surface area contributed by atoms with E-state index >= 15 is 0 Å². The van der Waals surface area contributed by atoms with Gasteiger partial charge in [-0.15, -0.1) is 0 Å². The van der Waals surface area contributed by atoms with Crippen LogP contribution in [0, 0.1) is 0 Å². The maximum absolute atomic E-state index is 13.7. The Bertz CT molecular complexity index is 1850. The Morgan fingerprint density at radius 1 is 1.02 bits per heavy atom. The Labute approximate surface area is 299 Å². The minimum absolute atomic E-state index is 0.0123. The molecule has 3 atom stereocenters. The summed E-state index contributed by atoms with van der Waals surface area (Å²) in [6.45, 7) is 0.127. The molecule has 0 radical (unpaired) electrons. The van der Waals surface area contributed by atoms with Gasteiger partial charge in [0.05, 0.1) is 18.8 Å². The average Bonchev–Trinajstić information content (AvgIpc) is 3.70. The first-order chi connectivity index (χ1) is 24.2. The number of nitrogens with one attached hydrogen (secondary N) is 4. The average molecular weight is 743 g/mol. The van der Waals surface area contributed by atoms with E-state index in [1.807, 2.05) is 48.5 Å². The molecule has 1 aromatic heterocycles. The van der Waals surface area contributed by atoms with Crippen LogP contribution in [0.4, 0.5) is 4.79 Å². The highest BCUT2D eigenvalue weighted by Crippen LogP contribution is 2.44. The zero-order valence-corrected chi connectivity index (χ0v) is 29.1. The van der Waals surface area contributed by atoms with Crippen molar-refractivity contribution in [3.05, 3.63) is 88.3 Å². The fourth-order valence-corrected chi connectivity index (χ4v) is 6.12. The molecule has 9 N–H and O–H groups in total. The Morgan fingerprint density at radius 2 is 1.65 bits per heavy atom. The molecule has 0 bridgehead atoms. The van der Waals surface area contributed by atoms with Crippen molar-refractivity contribution in [2.45, 2.75) is 49.7 Å². The first kappa shape index (κ1) is 38.4. The lowest BCUT2D eigenvalue weighted by Crippen LogP contribution is -2.55. The molecule has 1 aliphatic rings. The third kappa shape index (κ3) is 11.0. The quantitative estimate of drug-likeness (QED) is 0.0592. The number of fused-ring (bicyclic) bond motifs is 3. The zero-order valence-electron chi connectivity index (χ0n) is 27.5. The summed E-state index contributed by atoms with van der Waals surface area (Å²) in [4.78, 5) is 62.6. The van der Waals surface area contributed by atoms with Gasteiger partial charge in [0, 0.05) is 37.0 Å². The Hall–Kier alpha value is -5.42. The normalized spacial score (nSPS) is 14.3. The van der Waals surface area contributed by atoms with Gasteiger partial charge in [-0.1, -0.05) is 60.1 Å². The van der Waals surface area contributed by atoms with E-state index in [4.69, 9.17) is 27.8 Å². The van der Waals surface area contributed by atoms with Crippen LogP contribution >= 0.6 is 11.6 Å². The van der Waals surface area contributed by atoms with Crippen molar-refractivity contribution in [3.63, 3.8) is 0 Å². The van der Waals surface area contributed by atoms with Crippen molar-refractivity contribution in [2.75, 3.05) is 19.4 Å². The maximum Gasteiger partial charge on any atom is 0.407 e. The predicted octanol–water partition coefficient (Wildman–Crippen LogP) is 1.48. The number of hydrogen-bond acceptors (Lipinski definition) is 9. The molecule has 2 aromatic carbocycles. The highest BCUT2D eigenvalue weighted by Gasteiger charge is 2.32. The maximum atomic E-state index is 13.7. The number of aromatic amines is 1. The summed E-state index contributed by atoms with van der Waals surface area (Å²) < 4.78 is 28.7. The largest absolute Gasteiger partial charge is 0.481 e. The van der Waals surface area contributed by atoms with E-state index in [-0.39, 0.29) is 44.3 Å². The number of amides is 3. The lowest BCUT2D eigenvalue weighted by Gasteiger charge is -2.24. The second-order valence-corrected chi connectivity index (χ2v) is 14.4. The van der Waals surface area contributed by atoms with Crippen LogP contribution < -0.4 is 27.4 Å². The van der Waals surface area contributed by atoms with Crippen LogP contribution in [0.3, 0.4) is 0 Å². The molecule has 1 aliphatic carbocycles. The lowest BCUT2D eigenvalue weighted by molar-refractivity contribution is -0.137. The van der Waals surface area contributed by atoms with Gasteiger partial charge in [-0.3, -0.25) is 19.4 Å². The number of sulfone groups is 1. The van der Waals surface area contributed by atoms with Gasteiger partial charge in [-0.2, -0.15) is 0 Å². The number of carbonyl (C=O) groups excluding carboxylic acids is 3. The number of benzene rings is 2. The molecule has 18 heteroatoms. The number of aliphatic imine (C=N–C) groups is 1. The molecular formula is C33H39ClN8O8S. The number of aliphatic carboxylic acids is 1. The van der Waals surface area contributed by atoms with Crippen LogP contribution in [0.15, 0.2) is 76.5 Å². The molecule has 16 nitrogen and oxygen atoms in total. The predicted molar refractivity (Wildman–Crippen MR) is 189 cm³/mol. The molecule has 4 rings (SSSR count). The van der Waals surface area contributed by atoms with E-state index in [0.717, 1.165) is 34.6 Å². The summed E-state index contributed by atoms with van der Waals surface area (Å²) in [5.41, 5.74) is 15.4. The number of carboxylic acids is 1. The van der Waals surface area contributed by atoms with Crippen LogP contribution in [-0.2, 0) is 35.4 Å². The van der Waals surface area contributed by atoms with Crippen LogP contribution in [0.25, 0.3) is 11.1 Å². The summed E-state index contributed by atoms with van der Waals surface area (Å²) >= 11 is 5.85. The molecule has 272 valence electrons. The van der Waals surface area contributed by atoms with Gasteiger partial charge in [0.15, 0.2) is 15.8 Å². The second-order valence-electron chi connectivity index (χ2n) is 11.8. The molecule has 0 fully saturated rings. The number of aromatic nitrogens is 2. The second kappa shape index (κ2) is 17.5. The van der Waals surface area contributed by atoms with Gasteiger partial charge in [0.25, 0.3) is 0 Å². The minimum atomic E-state index is -3.91. The van der Waals surface area contributed by atoms with Crippen molar-refractivity contribution in [1.82, 2.24) is 25.9 Å². The number of guanidine groups is 1. The number of alkyl carbamates (subject to hydrolysis) is 1. The molecule has 1 heterocycles. The van der Waals surface area contributed by atoms with Gasteiger partial charge < -0.3 is 42.2 Å². The van der Waals surface area contributed by atoms with Crippen molar-refractivity contribution in [2.24, 2.45) is 16.5 Å². The molecule has 0 spiro atoms. The van der Waals surface area contributed by atoms with Crippen LogP contribution in [0.1, 0.15) is 42.0 Å². The first-order valence-electron chi connectivity index (χ1n) is 15.8. The number of rotatable bonds is 17. The van der Waals surface area contributed by atoms with Crippen LogP contribution in [-0.4, -0.2) is 90.9 Å². The van der Waals surface area contributed by atoms with Gasteiger partial charge in [-0.05, 0) is 41.2 Å². The first-order valence-corrected chi connectivity index (χ1v) is 18.0. The lowest BCUT2D eigenvalue weighted by atomic mass is 9.98. The SMILES string of the molecule is CS(=O)(=O)/C(Cl)=C/[C@H](CC(=O)O)NC(=O)[C@H](Cc1cnc[nH]1)NC(=O)[C@H](CCCN=C(N)N)NC(=O)OCC1c2ccccc2-c2ccccc21. The summed E-state index contributed by atoms with van der Waals surface area (Å²) in [6, 6.07) is 11.7. The Balaban J connectivity index is 1.51. The summed E-state index contributed by atoms with van der Waals surface area (Å²) in [5.74, 6) is -3.37. The standard InChI is InChI=1S/C33H39ClN8O8S/c1-51(48,49)28(34)14-19(15-29(43)44)40-31(46)27(13-20-16-37-18-39-20)41-30(45)26(11-6-12-38-32(35)36)42-33(47)50-17-25-23-9-4-2-7-21(23)22-8-3-5-10-24(22)25/h2-5,7-10,14,16,18-19,25-27H,6,11-13,15,17H2,1H3,(H,37,39)(H,40,46)(H,41,45)(H,42,47)(H,43,44)(H4,35,36,38)/b28-14+/t19-,26+,27+/m1/s1. The molecule has 3 amide bonds. The van der Waals surface area contributed by atoms with Crippen LogP contribution in [0.5, 0.6) is 0 Å². The number of imidazole rings is 1. The molecule has 51 heavy (non-hydrogen) atoms. The Morgan fingerprint density at radius 3 is 2.22 bits per heavy atom. The van der Waals surface area contributed by atoms with E-state index in [0.29, 0.717) is 5.69 Å². The van der Waals surface area contributed by atoms with Crippen molar-refractivity contribution < 1.29 is 37.4 Å². The summed E-state index contributed by atoms with van der Waals surface area (Å²) in [7, 11) is -3.91. The molecule has 0 aliphatic heterocycles. The number of nitrogens with two attached hydrogens (primary N) is 2. The fourth-order valence-electron chi connectivity index (χ4n) is 5.56. The highest BCUT2D eigenvalue weighted by molar-refractivity contribution is 7.96. The van der Waals surface area contributed by atoms with Gasteiger partial charge in [0.1, 0.15) is 23.1 Å². The van der Waals surface area contributed by atoms with Crippen molar-refractivity contribution >= 4 is 51.3 Å². The Kier molecular flexibility index (Phi) is 13.2. The number of hydrogen-bond donors (Lipinski definition) is 7. The zero-order chi connectivity index (χ0) is 37.1. The summed E-state index contributed by atoms with van der Waals surface area (Å²) in [6.07, 6.45) is 3.07. The number of halogens is 1. The number of nitrogens with zero attached hydrogens (tertiary/aromatic N) is 2. The number of H-pyrrole nitrogens is 1. The minimum Gasteiger partial charge on any atom is -0.481 e. The van der Waals surface area contributed by atoms with E-state index in [9.17, 15) is 32.7 Å². The van der Waals surface area contributed by atoms with Gasteiger partial charge in [-0.25, -0.2) is 18.2 Å². The third-order valence-electron chi connectivity index (χ3n) is 7.92. The van der Waals surface area contributed by atoms with E-state index in [2.05, 4.69) is 30.9 Å². The highest BCUT2D eigenvalue weighted by atomic mass is 35.5. The number of ether oxygens (including phenoxy) is 1. The molecule has 0 unspecified atom stereocenters. The number of carboxylic acid groups (broad SMARTS) is 1. The van der Waals surface area contributed by atoms with Gasteiger partial charge >= 0.3 is 12.1 Å². The smallest absolute Gasteiger partial charge is 0.407 e. The van der Waals surface area contributed by atoms with E-state index in [1.165, 1.54) is 12.5 Å². The molecule has 3 aromatic rings. The van der Waals surface area contributed by atoms with E-state index in [1.54, 1.807) is 0 Å². The molecule has 0 saturated heterocycles. The van der Waals surface area contributed by atoms with Crippen molar-refractivity contribution in [1.29, 1.82) is 0 Å².